The molecule has 0 bridgehead atoms. The lowest BCUT2D eigenvalue weighted by Gasteiger charge is -2.24. The highest BCUT2D eigenvalue weighted by Crippen LogP contribution is 2.28. The fourth-order valence-electron chi connectivity index (χ4n) is 2.53. The molecule has 1 atom stereocenters. The molecular formula is C16H26N2O. The summed E-state index contributed by atoms with van der Waals surface area (Å²) < 4.78 is 6.00. The fraction of sp³-hybridized carbons (Fsp3) is 0.625. The van der Waals surface area contributed by atoms with Crippen LogP contribution in [0.2, 0.25) is 0 Å². The van der Waals surface area contributed by atoms with Crippen LogP contribution in [0, 0.1) is 0 Å². The summed E-state index contributed by atoms with van der Waals surface area (Å²) in [6.07, 6.45) is 1.36. The van der Waals surface area contributed by atoms with Crippen molar-refractivity contribution in [3.8, 4) is 5.75 Å². The number of ether oxygens (including phenoxy) is 1. The molecule has 0 aromatic heterocycles. The zero-order valence-corrected chi connectivity index (χ0v) is 12.4. The Kier molecular flexibility index (Phi) is 5.23. The maximum Gasteiger partial charge on any atom is 0.123 e. The third-order valence-electron chi connectivity index (χ3n) is 3.60. The van der Waals surface area contributed by atoms with Gasteiger partial charge in [-0.1, -0.05) is 39.0 Å². The third-order valence-corrected chi connectivity index (χ3v) is 3.60. The molecule has 0 radical (unpaired) electrons. The molecule has 1 aliphatic heterocycles. The molecule has 106 valence electrons. The maximum atomic E-state index is 6.00. The van der Waals surface area contributed by atoms with Crippen molar-refractivity contribution in [1.29, 1.82) is 0 Å². The summed E-state index contributed by atoms with van der Waals surface area (Å²) in [6.45, 7) is 10.8. The second kappa shape index (κ2) is 6.92. The number of rotatable bonds is 7. The second-order valence-corrected chi connectivity index (χ2v) is 5.55. The number of para-hydroxylation sites is 1. The summed E-state index contributed by atoms with van der Waals surface area (Å²) in [7, 11) is 0. The van der Waals surface area contributed by atoms with Crippen LogP contribution in [0.1, 0.15) is 26.3 Å². The van der Waals surface area contributed by atoms with Crippen LogP contribution < -0.4 is 10.1 Å². The van der Waals surface area contributed by atoms with Crippen LogP contribution >= 0.6 is 0 Å². The van der Waals surface area contributed by atoms with E-state index >= 15 is 0 Å². The quantitative estimate of drug-likeness (QED) is 0.816. The van der Waals surface area contributed by atoms with Crippen LogP contribution in [0.3, 0.4) is 0 Å². The number of likely N-dealkylation sites (N-methyl/N-ethyl adjacent to an activating group) is 1. The van der Waals surface area contributed by atoms with E-state index in [-0.39, 0.29) is 0 Å². The highest BCUT2D eigenvalue weighted by molar-refractivity contribution is 5.37. The molecule has 3 heteroatoms. The summed E-state index contributed by atoms with van der Waals surface area (Å²) in [5.74, 6) is 1.07. The van der Waals surface area contributed by atoms with Crippen LogP contribution in [0.25, 0.3) is 0 Å². The van der Waals surface area contributed by atoms with Gasteiger partial charge in [0.25, 0.3) is 0 Å². The minimum absolute atomic E-state index is 0.316. The first-order valence-corrected chi connectivity index (χ1v) is 7.39. The van der Waals surface area contributed by atoms with Crippen LogP contribution in [0.15, 0.2) is 24.3 Å². The first-order valence-electron chi connectivity index (χ1n) is 7.39. The molecule has 1 aliphatic rings. The topological polar surface area (TPSA) is 24.5 Å². The molecule has 0 aliphatic carbocycles. The third kappa shape index (κ3) is 4.22. The molecule has 3 nitrogen and oxygen atoms in total. The van der Waals surface area contributed by atoms with E-state index in [2.05, 4.69) is 49.2 Å². The molecule has 1 aromatic carbocycles. The Hall–Kier alpha value is -1.06. The SMILES string of the molecule is CCN(CCNC(C)C)CC1Cc2ccccc2O1. The zero-order chi connectivity index (χ0) is 13.7. The van der Waals surface area contributed by atoms with Crippen LogP contribution in [0.5, 0.6) is 5.75 Å². The number of fused-ring (bicyclic) bond motifs is 1. The zero-order valence-electron chi connectivity index (χ0n) is 12.4. The molecule has 2 rings (SSSR count). The average molecular weight is 262 g/mol. The first kappa shape index (κ1) is 14.4. The molecule has 1 N–H and O–H groups in total. The van der Waals surface area contributed by atoms with Crippen LogP contribution in [0.4, 0.5) is 0 Å². The van der Waals surface area contributed by atoms with Crippen LogP contribution in [-0.4, -0.2) is 43.2 Å². The smallest absolute Gasteiger partial charge is 0.123 e. The molecular weight excluding hydrogens is 236 g/mol. The molecule has 19 heavy (non-hydrogen) atoms. The normalized spacial score (nSPS) is 17.8. The molecule has 0 saturated carbocycles. The molecule has 1 heterocycles. The molecule has 1 unspecified atom stereocenters. The van der Waals surface area contributed by atoms with Gasteiger partial charge >= 0.3 is 0 Å². The Labute approximate surface area is 116 Å². The van der Waals surface area contributed by atoms with Gasteiger partial charge in [0.05, 0.1) is 0 Å². The Morgan fingerprint density at radius 3 is 2.84 bits per heavy atom. The van der Waals surface area contributed by atoms with E-state index in [1.807, 2.05) is 6.07 Å². The van der Waals surface area contributed by atoms with E-state index in [1.165, 1.54) is 5.56 Å². The van der Waals surface area contributed by atoms with Crippen molar-refractivity contribution in [2.24, 2.45) is 0 Å². The van der Waals surface area contributed by atoms with Gasteiger partial charge in [0, 0.05) is 32.1 Å². The maximum absolute atomic E-state index is 6.00. The van der Waals surface area contributed by atoms with Gasteiger partial charge in [-0.25, -0.2) is 0 Å². The van der Waals surface area contributed by atoms with Gasteiger partial charge in [0.15, 0.2) is 0 Å². The van der Waals surface area contributed by atoms with E-state index in [9.17, 15) is 0 Å². The summed E-state index contributed by atoms with van der Waals surface area (Å²) in [6, 6.07) is 8.95. The number of nitrogens with one attached hydrogen (secondary N) is 1. The highest BCUT2D eigenvalue weighted by atomic mass is 16.5. The summed E-state index contributed by atoms with van der Waals surface area (Å²) >= 11 is 0. The first-order chi connectivity index (χ1) is 9.19. The van der Waals surface area contributed by atoms with E-state index < -0.39 is 0 Å². The Morgan fingerprint density at radius 2 is 2.16 bits per heavy atom. The van der Waals surface area contributed by atoms with Crippen molar-refractivity contribution in [3.05, 3.63) is 29.8 Å². The molecule has 0 spiro atoms. The average Bonchev–Trinajstić information content (AvgIpc) is 2.79. The standard InChI is InChI=1S/C16H26N2O/c1-4-18(10-9-17-13(2)3)12-15-11-14-7-5-6-8-16(14)19-15/h5-8,13,15,17H,4,9-12H2,1-3H3. The monoisotopic (exact) mass is 262 g/mol. The van der Waals surface area contributed by atoms with E-state index in [4.69, 9.17) is 4.74 Å². The number of nitrogens with zero attached hydrogens (tertiary/aromatic N) is 1. The predicted octanol–water partition coefficient (Wildman–Crippen LogP) is 2.31. The number of hydrogen-bond donors (Lipinski definition) is 1. The molecule has 0 fully saturated rings. The summed E-state index contributed by atoms with van der Waals surface area (Å²) in [5, 5.41) is 3.47. The van der Waals surface area contributed by atoms with Crippen molar-refractivity contribution in [2.75, 3.05) is 26.2 Å². The lowest BCUT2D eigenvalue weighted by molar-refractivity contribution is 0.154. The lowest BCUT2D eigenvalue weighted by Crippen LogP contribution is -2.40. The lowest BCUT2D eigenvalue weighted by atomic mass is 10.1. The Bertz CT molecular complexity index is 367. The van der Waals surface area contributed by atoms with Crippen molar-refractivity contribution in [2.45, 2.75) is 39.3 Å². The summed E-state index contributed by atoms with van der Waals surface area (Å²) in [5.41, 5.74) is 1.35. The van der Waals surface area contributed by atoms with Gasteiger partial charge in [-0.3, -0.25) is 4.90 Å². The number of hydrogen-bond acceptors (Lipinski definition) is 3. The minimum Gasteiger partial charge on any atom is -0.488 e. The second-order valence-electron chi connectivity index (χ2n) is 5.55. The van der Waals surface area contributed by atoms with E-state index in [1.54, 1.807) is 0 Å². The van der Waals surface area contributed by atoms with Gasteiger partial charge in [-0.2, -0.15) is 0 Å². The van der Waals surface area contributed by atoms with Gasteiger partial charge in [0.1, 0.15) is 11.9 Å². The Balaban J connectivity index is 1.78. The van der Waals surface area contributed by atoms with E-state index in [0.717, 1.165) is 38.3 Å². The molecule has 0 saturated heterocycles. The van der Waals surface area contributed by atoms with Gasteiger partial charge in [-0.05, 0) is 18.2 Å². The largest absolute Gasteiger partial charge is 0.488 e. The van der Waals surface area contributed by atoms with E-state index in [0.29, 0.717) is 12.1 Å². The predicted molar refractivity (Wildman–Crippen MR) is 79.8 cm³/mol. The minimum atomic E-state index is 0.316. The van der Waals surface area contributed by atoms with Crippen molar-refractivity contribution in [1.82, 2.24) is 10.2 Å². The molecule has 1 aromatic rings. The summed E-state index contributed by atoms with van der Waals surface area (Å²) in [4.78, 5) is 2.46. The van der Waals surface area contributed by atoms with Crippen molar-refractivity contribution >= 4 is 0 Å². The van der Waals surface area contributed by atoms with Gasteiger partial charge in [0.2, 0.25) is 0 Å². The molecule has 0 amide bonds. The highest BCUT2D eigenvalue weighted by Gasteiger charge is 2.23. The van der Waals surface area contributed by atoms with Crippen LogP contribution in [-0.2, 0) is 6.42 Å². The number of benzene rings is 1. The Morgan fingerprint density at radius 1 is 1.37 bits per heavy atom. The van der Waals surface area contributed by atoms with Crippen molar-refractivity contribution in [3.63, 3.8) is 0 Å². The fourth-order valence-corrected chi connectivity index (χ4v) is 2.53. The van der Waals surface area contributed by atoms with Crippen molar-refractivity contribution < 1.29 is 4.74 Å². The van der Waals surface area contributed by atoms with Gasteiger partial charge < -0.3 is 10.1 Å². The van der Waals surface area contributed by atoms with Gasteiger partial charge in [-0.15, -0.1) is 0 Å².